The van der Waals surface area contributed by atoms with Crippen LogP contribution in [0.15, 0.2) is 18.2 Å². The van der Waals surface area contributed by atoms with Gasteiger partial charge in [-0.1, -0.05) is 25.3 Å². The number of hydrogen-bond donors (Lipinski definition) is 3. The molecule has 6 nitrogen and oxygen atoms in total. The second-order valence-electron chi connectivity index (χ2n) is 5.13. The van der Waals surface area contributed by atoms with Crippen molar-refractivity contribution in [2.75, 3.05) is 12.4 Å². The van der Waals surface area contributed by atoms with E-state index in [-0.39, 0.29) is 29.1 Å². The van der Waals surface area contributed by atoms with E-state index in [1.54, 1.807) is 6.07 Å². The van der Waals surface area contributed by atoms with E-state index in [9.17, 15) is 14.7 Å². The molecule has 1 aliphatic carbocycles. The molecular weight excluding hydrogens is 272 g/mol. The molecule has 1 saturated carbocycles. The molecule has 0 unspecified atom stereocenters. The number of nitrogens with one attached hydrogen (secondary N) is 2. The molecule has 2 rings (SSSR count). The van der Waals surface area contributed by atoms with Crippen LogP contribution in [0.3, 0.4) is 0 Å². The van der Waals surface area contributed by atoms with Crippen molar-refractivity contribution in [3.63, 3.8) is 0 Å². The van der Waals surface area contributed by atoms with Crippen LogP contribution in [-0.2, 0) is 4.74 Å². The fourth-order valence-corrected chi connectivity index (χ4v) is 2.51. The third kappa shape index (κ3) is 3.87. The van der Waals surface area contributed by atoms with Gasteiger partial charge < -0.3 is 20.5 Å². The molecule has 0 heterocycles. The van der Waals surface area contributed by atoms with Gasteiger partial charge in [0.2, 0.25) is 0 Å². The Balaban J connectivity index is 2.01. The van der Waals surface area contributed by atoms with Gasteiger partial charge in [0.25, 0.3) is 0 Å². The van der Waals surface area contributed by atoms with Crippen LogP contribution in [0.25, 0.3) is 0 Å². The molecule has 0 spiro atoms. The Morgan fingerprint density at radius 2 is 1.95 bits per heavy atom. The quantitative estimate of drug-likeness (QED) is 0.590. The molecule has 1 aromatic carbocycles. The van der Waals surface area contributed by atoms with Crippen molar-refractivity contribution in [2.45, 2.75) is 38.1 Å². The molecule has 2 amide bonds. The number of amides is 2. The largest absolute Gasteiger partial charge is 0.505 e. The second kappa shape index (κ2) is 6.97. The smallest absolute Gasteiger partial charge is 0.341 e. The normalized spacial score (nSPS) is 15.3. The summed E-state index contributed by atoms with van der Waals surface area (Å²) >= 11 is 0. The highest BCUT2D eigenvalue weighted by Gasteiger charge is 2.18. The van der Waals surface area contributed by atoms with Crippen LogP contribution in [-0.4, -0.2) is 30.3 Å². The van der Waals surface area contributed by atoms with Crippen LogP contribution in [0.1, 0.15) is 42.5 Å². The van der Waals surface area contributed by atoms with E-state index in [1.807, 2.05) is 0 Å². The number of carbonyl (C=O) groups is 2. The predicted molar refractivity (Wildman–Crippen MR) is 78.5 cm³/mol. The molecule has 0 saturated heterocycles. The summed E-state index contributed by atoms with van der Waals surface area (Å²) in [5.74, 6) is -0.938. The minimum atomic E-state index is -0.649. The van der Waals surface area contributed by atoms with Crippen molar-refractivity contribution in [1.82, 2.24) is 5.32 Å². The van der Waals surface area contributed by atoms with Crippen molar-refractivity contribution in [3.8, 4) is 5.75 Å². The first-order valence-electron chi connectivity index (χ1n) is 7.09. The molecule has 6 heteroatoms. The third-order valence-corrected chi connectivity index (χ3v) is 3.63. The minimum Gasteiger partial charge on any atom is -0.505 e. The zero-order valence-corrected chi connectivity index (χ0v) is 12.0. The SMILES string of the molecule is COC(=O)c1cccc(NC(=O)NC2CCCCC2)c1O. The lowest BCUT2D eigenvalue weighted by Crippen LogP contribution is -2.39. The molecule has 0 bridgehead atoms. The fourth-order valence-electron chi connectivity index (χ4n) is 2.51. The van der Waals surface area contributed by atoms with Gasteiger partial charge in [-0.05, 0) is 25.0 Å². The van der Waals surface area contributed by atoms with Crippen LogP contribution in [0.2, 0.25) is 0 Å². The number of aromatic hydroxyl groups is 1. The van der Waals surface area contributed by atoms with Gasteiger partial charge in [0.15, 0.2) is 5.75 Å². The van der Waals surface area contributed by atoms with Gasteiger partial charge in [-0.25, -0.2) is 9.59 Å². The second-order valence-corrected chi connectivity index (χ2v) is 5.13. The van der Waals surface area contributed by atoms with E-state index in [2.05, 4.69) is 15.4 Å². The van der Waals surface area contributed by atoms with E-state index in [1.165, 1.54) is 25.7 Å². The van der Waals surface area contributed by atoms with E-state index < -0.39 is 5.97 Å². The summed E-state index contributed by atoms with van der Waals surface area (Å²) in [6.45, 7) is 0. The summed E-state index contributed by atoms with van der Waals surface area (Å²) in [6, 6.07) is 4.33. The van der Waals surface area contributed by atoms with Gasteiger partial charge in [0.05, 0.1) is 12.8 Å². The van der Waals surface area contributed by atoms with Crippen LogP contribution in [0.5, 0.6) is 5.75 Å². The Morgan fingerprint density at radius 3 is 2.62 bits per heavy atom. The molecule has 1 aromatic rings. The average molecular weight is 292 g/mol. The van der Waals surface area contributed by atoms with Gasteiger partial charge in [-0.2, -0.15) is 0 Å². The zero-order chi connectivity index (χ0) is 15.2. The van der Waals surface area contributed by atoms with E-state index in [0.29, 0.717) is 0 Å². The number of anilines is 1. The van der Waals surface area contributed by atoms with Crippen LogP contribution in [0, 0.1) is 0 Å². The molecule has 114 valence electrons. The summed E-state index contributed by atoms with van der Waals surface area (Å²) in [4.78, 5) is 23.4. The van der Waals surface area contributed by atoms with Crippen molar-refractivity contribution in [1.29, 1.82) is 0 Å². The Morgan fingerprint density at radius 1 is 1.24 bits per heavy atom. The molecule has 0 aromatic heterocycles. The first-order valence-corrected chi connectivity index (χ1v) is 7.09. The highest BCUT2D eigenvalue weighted by Crippen LogP contribution is 2.28. The summed E-state index contributed by atoms with van der Waals surface area (Å²) in [6.07, 6.45) is 5.40. The monoisotopic (exact) mass is 292 g/mol. The molecule has 0 radical (unpaired) electrons. The number of urea groups is 1. The maximum absolute atomic E-state index is 11.9. The van der Waals surface area contributed by atoms with E-state index in [4.69, 9.17) is 0 Å². The number of phenolic OH excluding ortho intramolecular Hbond substituents is 1. The van der Waals surface area contributed by atoms with Crippen molar-refractivity contribution >= 4 is 17.7 Å². The molecular formula is C15H20N2O4. The molecule has 3 N–H and O–H groups in total. The number of ether oxygens (including phenoxy) is 1. The molecule has 1 fully saturated rings. The summed E-state index contributed by atoms with van der Waals surface area (Å²) < 4.78 is 4.57. The topological polar surface area (TPSA) is 87.7 Å². The van der Waals surface area contributed by atoms with Gasteiger partial charge in [0.1, 0.15) is 5.56 Å². The number of phenols is 1. The first kappa shape index (κ1) is 15.2. The molecule has 21 heavy (non-hydrogen) atoms. The van der Waals surface area contributed by atoms with Gasteiger partial charge in [-0.3, -0.25) is 0 Å². The highest BCUT2D eigenvalue weighted by molar-refractivity contribution is 5.98. The number of carbonyl (C=O) groups excluding carboxylic acids is 2. The predicted octanol–water partition coefficient (Wildman–Crippen LogP) is 2.63. The number of hydrogen-bond acceptors (Lipinski definition) is 4. The summed E-state index contributed by atoms with van der Waals surface area (Å²) in [5.41, 5.74) is 0.208. The van der Waals surface area contributed by atoms with Gasteiger partial charge in [0, 0.05) is 6.04 Å². The maximum atomic E-state index is 11.9. The number of methoxy groups -OCH3 is 1. The Bertz CT molecular complexity index is 524. The Hall–Kier alpha value is -2.24. The molecule has 0 atom stereocenters. The van der Waals surface area contributed by atoms with Crippen LogP contribution >= 0.6 is 0 Å². The van der Waals surface area contributed by atoms with E-state index in [0.717, 1.165) is 25.7 Å². The van der Waals surface area contributed by atoms with Crippen molar-refractivity contribution in [3.05, 3.63) is 23.8 Å². The summed E-state index contributed by atoms with van der Waals surface area (Å²) in [7, 11) is 1.23. The van der Waals surface area contributed by atoms with Gasteiger partial charge in [-0.15, -0.1) is 0 Å². The van der Waals surface area contributed by atoms with Crippen LogP contribution in [0.4, 0.5) is 10.5 Å². The lowest BCUT2D eigenvalue weighted by atomic mass is 9.96. The van der Waals surface area contributed by atoms with Crippen LogP contribution < -0.4 is 10.6 Å². The molecule has 1 aliphatic rings. The Kier molecular flexibility index (Phi) is 5.03. The van der Waals surface area contributed by atoms with Gasteiger partial charge >= 0.3 is 12.0 Å². The summed E-state index contributed by atoms with van der Waals surface area (Å²) in [5, 5.41) is 15.5. The maximum Gasteiger partial charge on any atom is 0.341 e. The fraction of sp³-hybridized carbons (Fsp3) is 0.467. The zero-order valence-electron chi connectivity index (χ0n) is 12.0. The third-order valence-electron chi connectivity index (χ3n) is 3.63. The standard InChI is InChI=1S/C15H20N2O4/c1-21-14(19)11-8-5-9-12(13(11)18)17-15(20)16-10-6-3-2-4-7-10/h5,8-10,18H,2-4,6-7H2,1H3,(H2,16,17,20). The number of benzene rings is 1. The van der Waals surface area contributed by atoms with E-state index >= 15 is 0 Å². The number of rotatable bonds is 3. The number of para-hydroxylation sites is 1. The lowest BCUT2D eigenvalue weighted by Gasteiger charge is -2.23. The molecule has 0 aliphatic heterocycles. The van der Waals surface area contributed by atoms with Crippen molar-refractivity contribution in [2.24, 2.45) is 0 Å². The average Bonchev–Trinajstić information content (AvgIpc) is 2.49. The number of esters is 1. The minimum absolute atomic E-state index is 0.0213. The lowest BCUT2D eigenvalue weighted by molar-refractivity contribution is 0.0597. The highest BCUT2D eigenvalue weighted by atomic mass is 16.5. The Labute approximate surface area is 123 Å². The van der Waals surface area contributed by atoms with Crippen molar-refractivity contribution < 1.29 is 19.4 Å². The first-order chi connectivity index (χ1) is 10.1.